The molecule has 1 aromatic rings. The Hall–Kier alpha value is -3.36. The maximum atomic E-state index is 13.0. The molecule has 0 saturated carbocycles. The third-order valence-electron chi connectivity index (χ3n) is 6.68. The first-order valence-corrected chi connectivity index (χ1v) is 16.1. The van der Waals surface area contributed by atoms with E-state index in [1.165, 1.54) is 7.11 Å². The Bertz CT molecular complexity index is 1160. The van der Waals surface area contributed by atoms with Crippen LogP contribution in [0.15, 0.2) is 42.5 Å². The molecule has 0 aromatic heterocycles. The van der Waals surface area contributed by atoms with Gasteiger partial charge in [-0.25, -0.2) is 0 Å². The van der Waals surface area contributed by atoms with Crippen molar-refractivity contribution in [3.05, 3.63) is 53.6 Å². The molecule has 0 saturated heterocycles. The average molecular weight is 675 g/mol. The molecule has 14 heteroatoms. The average Bonchev–Trinajstić information content (AvgIpc) is 3.03. The molecule has 46 heavy (non-hydrogen) atoms. The van der Waals surface area contributed by atoms with Crippen molar-refractivity contribution < 1.29 is 52.0 Å². The van der Waals surface area contributed by atoms with Crippen LogP contribution in [0.5, 0.6) is 0 Å². The summed E-state index contributed by atoms with van der Waals surface area (Å²) in [6.45, 7) is 1.50. The quantitative estimate of drug-likeness (QED) is 0.0845. The summed E-state index contributed by atoms with van der Waals surface area (Å²) in [7, 11) is 2.30. The lowest BCUT2D eigenvalue weighted by atomic mass is 10.0. The maximum absolute atomic E-state index is 13.0. The summed E-state index contributed by atoms with van der Waals surface area (Å²) in [6, 6.07) is 5.17. The number of ether oxygens (including phenoxy) is 2. The van der Waals surface area contributed by atoms with E-state index in [1.807, 2.05) is 12.2 Å². The molecular weight excluding hydrogens is 629 g/mol. The van der Waals surface area contributed by atoms with E-state index in [1.54, 1.807) is 41.7 Å². The number of nitrogens with one attached hydrogen (secondary N) is 2. The Morgan fingerprint density at radius 1 is 1.02 bits per heavy atom. The van der Waals surface area contributed by atoms with E-state index in [0.717, 1.165) is 44.6 Å². The van der Waals surface area contributed by atoms with Crippen molar-refractivity contribution in [1.82, 2.24) is 10.6 Å². The molecule has 0 aliphatic rings. The second-order valence-electron chi connectivity index (χ2n) is 10.4. The highest BCUT2D eigenvalue weighted by Gasteiger charge is 2.41. The van der Waals surface area contributed by atoms with Crippen LogP contribution in [-0.4, -0.2) is 84.9 Å². The van der Waals surface area contributed by atoms with Gasteiger partial charge in [-0.2, -0.15) is 13.2 Å². The minimum Gasteiger partial charge on any atom is -0.469 e. The summed E-state index contributed by atoms with van der Waals surface area (Å²) in [6.07, 6.45) is 5.30. The number of methoxy groups -OCH3 is 2. The molecule has 3 unspecified atom stereocenters. The van der Waals surface area contributed by atoms with E-state index in [2.05, 4.69) is 21.7 Å². The first kappa shape index (κ1) is 40.7. The highest BCUT2D eigenvalue weighted by atomic mass is 32.2. The largest absolute Gasteiger partial charge is 0.471 e. The Morgan fingerprint density at radius 2 is 1.74 bits per heavy atom. The second kappa shape index (κ2) is 22.2. The van der Waals surface area contributed by atoms with E-state index in [-0.39, 0.29) is 19.3 Å². The molecule has 4 atom stereocenters. The van der Waals surface area contributed by atoms with Gasteiger partial charge in [0.25, 0.3) is 0 Å². The minimum atomic E-state index is -5.27. The van der Waals surface area contributed by atoms with Crippen LogP contribution in [0.4, 0.5) is 13.2 Å². The molecule has 4 N–H and O–H groups in total. The first-order valence-electron chi connectivity index (χ1n) is 15.0. The van der Waals surface area contributed by atoms with E-state index in [4.69, 9.17) is 0 Å². The third-order valence-corrected chi connectivity index (χ3v) is 8.15. The number of unbranched alkanes of at least 4 members (excludes halogenated alkanes) is 3. The van der Waals surface area contributed by atoms with Crippen molar-refractivity contribution in [2.75, 3.05) is 26.5 Å². The summed E-state index contributed by atoms with van der Waals surface area (Å²) in [5.41, 5.74) is 1.23. The fourth-order valence-electron chi connectivity index (χ4n) is 4.12. The van der Waals surface area contributed by atoms with Gasteiger partial charge in [-0.05, 0) is 43.2 Å². The predicted molar refractivity (Wildman–Crippen MR) is 169 cm³/mol. The highest BCUT2D eigenvalue weighted by molar-refractivity contribution is 7.99. The van der Waals surface area contributed by atoms with Crippen LogP contribution < -0.4 is 10.6 Å². The second-order valence-corrected chi connectivity index (χ2v) is 11.6. The van der Waals surface area contributed by atoms with Crippen LogP contribution in [0, 0.1) is 0 Å². The molecule has 2 amide bonds. The standard InChI is InChI=1S/C32H45F3N2O8S/c1-4-5-6-7-8-9-14-24(38)18-17-22-12-10-13-23(19-22)29(26(39)15-11-16-27(40)44-2)46-21-25(37-31(43)32(33,34)35)30(42)36-20-28(41)45-3/h8-10,12-13,17-19,24-26,29,38-39H,4-7,11,14-16,20-21H2,1-3H3,(H,36,42)(H,37,43)/b9-8-,18-17+/t24?,25-,26?,29?/m0/s1. The zero-order valence-electron chi connectivity index (χ0n) is 26.4. The monoisotopic (exact) mass is 674 g/mol. The molecule has 258 valence electrons. The molecule has 0 aliphatic carbocycles. The molecule has 1 aromatic carbocycles. The SMILES string of the molecule is CCCCC/C=C\CC(O)/C=C/c1cccc(C(SC[C@H](NC(=O)C(F)(F)F)C(=O)NCC(=O)OC)C(O)CCCC(=O)OC)c1. The number of thioether (sulfide) groups is 1. The molecular formula is C32H45F3N2O8S. The van der Waals surface area contributed by atoms with E-state index >= 15 is 0 Å². The van der Waals surface area contributed by atoms with Crippen molar-refractivity contribution in [1.29, 1.82) is 0 Å². The van der Waals surface area contributed by atoms with Crippen LogP contribution in [0.3, 0.4) is 0 Å². The molecule has 0 radical (unpaired) electrons. The number of rotatable bonds is 21. The zero-order valence-corrected chi connectivity index (χ0v) is 27.2. The van der Waals surface area contributed by atoms with E-state index in [0.29, 0.717) is 17.5 Å². The van der Waals surface area contributed by atoms with Gasteiger partial charge in [0.15, 0.2) is 0 Å². The minimum absolute atomic E-state index is 0.0266. The van der Waals surface area contributed by atoms with Crippen molar-refractivity contribution in [2.45, 2.75) is 88.0 Å². The first-order chi connectivity index (χ1) is 21.8. The third kappa shape index (κ3) is 16.8. The number of benzene rings is 1. The number of allylic oxidation sites excluding steroid dienone is 1. The van der Waals surface area contributed by atoms with Gasteiger partial charge in [-0.3, -0.25) is 19.2 Å². The van der Waals surface area contributed by atoms with Crippen LogP contribution >= 0.6 is 11.8 Å². The fourth-order valence-corrected chi connectivity index (χ4v) is 5.45. The normalized spacial score (nSPS) is 14.4. The number of esters is 2. The lowest BCUT2D eigenvalue weighted by molar-refractivity contribution is -0.174. The number of aliphatic hydroxyl groups excluding tert-OH is 2. The number of amides is 2. The van der Waals surface area contributed by atoms with Crippen LogP contribution in [0.25, 0.3) is 6.08 Å². The summed E-state index contributed by atoms with van der Waals surface area (Å²) in [4.78, 5) is 47.5. The van der Waals surface area contributed by atoms with Gasteiger partial charge in [-0.15, -0.1) is 11.8 Å². The molecule has 0 spiro atoms. The molecule has 0 bridgehead atoms. The Morgan fingerprint density at radius 3 is 2.39 bits per heavy atom. The van der Waals surface area contributed by atoms with Gasteiger partial charge in [0.05, 0.1) is 31.7 Å². The predicted octanol–water partition coefficient (Wildman–Crippen LogP) is 4.40. The number of aliphatic hydroxyl groups is 2. The summed E-state index contributed by atoms with van der Waals surface area (Å²) < 4.78 is 48.2. The van der Waals surface area contributed by atoms with Gasteiger partial charge >= 0.3 is 24.0 Å². The van der Waals surface area contributed by atoms with E-state index < -0.39 is 65.7 Å². The number of halogens is 3. The summed E-state index contributed by atoms with van der Waals surface area (Å²) in [5, 5.41) is 24.5. The van der Waals surface area contributed by atoms with Gasteiger partial charge in [-0.1, -0.05) is 68.3 Å². The van der Waals surface area contributed by atoms with Crippen molar-refractivity contribution in [3.8, 4) is 0 Å². The number of hydrogen-bond donors (Lipinski definition) is 4. The lowest BCUT2D eigenvalue weighted by Crippen LogP contribution is -2.52. The van der Waals surface area contributed by atoms with Gasteiger partial charge in [0.1, 0.15) is 12.6 Å². The molecule has 0 aliphatic heterocycles. The van der Waals surface area contributed by atoms with Crippen molar-refractivity contribution in [2.24, 2.45) is 0 Å². The Balaban J connectivity index is 3.18. The number of carbonyl (C=O) groups is 4. The van der Waals surface area contributed by atoms with Gasteiger partial charge in [0, 0.05) is 12.2 Å². The molecule has 10 nitrogen and oxygen atoms in total. The summed E-state index contributed by atoms with van der Waals surface area (Å²) in [5.74, 6) is -5.13. The van der Waals surface area contributed by atoms with Crippen LogP contribution in [-0.2, 0) is 28.7 Å². The van der Waals surface area contributed by atoms with Gasteiger partial charge < -0.3 is 30.3 Å². The van der Waals surface area contributed by atoms with Gasteiger partial charge in [0.2, 0.25) is 5.91 Å². The number of carbonyl (C=O) groups excluding carboxylic acids is 4. The van der Waals surface area contributed by atoms with E-state index in [9.17, 15) is 42.6 Å². The zero-order chi connectivity index (χ0) is 34.5. The maximum Gasteiger partial charge on any atom is 0.471 e. The molecule has 0 fully saturated rings. The smallest absolute Gasteiger partial charge is 0.469 e. The lowest BCUT2D eigenvalue weighted by Gasteiger charge is -2.26. The Labute approximate surface area is 272 Å². The highest BCUT2D eigenvalue weighted by Crippen LogP contribution is 2.35. The molecule has 0 heterocycles. The summed E-state index contributed by atoms with van der Waals surface area (Å²) >= 11 is 0.921. The number of alkyl halides is 3. The molecule has 1 rings (SSSR count). The van der Waals surface area contributed by atoms with Crippen molar-refractivity contribution >= 4 is 41.6 Å². The topological polar surface area (TPSA) is 151 Å². The van der Waals surface area contributed by atoms with Crippen LogP contribution in [0.1, 0.15) is 74.7 Å². The van der Waals surface area contributed by atoms with Crippen LogP contribution in [0.2, 0.25) is 0 Å². The fraction of sp³-hybridized carbons (Fsp3) is 0.562. The van der Waals surface area contributed by atoms with Crippen molar-refractivity contribution in [3.63, 3.8) is 0 Å². The number of hydrogen-bond acceptors (Lipinski definition) is 9. The Kier molecular flexibility index (Phi) is 19.6.